The highest BCUT2D eigenvalue weighted by Gasteiger charge is 2.12. The van der Waals surface area contributed by atoms with Crippen molar-refractivity contribution in [2.45, 2.75) is 26.9 Å². The third-order valence-corrected chi connectivity index (χ3v) is 5.03. The highest BCUT2D eigenvalue weighted by Crippen LogP contribution is 2.28. The Morgan fingerprint density at radius 1 is 0.607 bits per heavy atom. The van der Waals surface area contributed by atoms with Crippen LogP contribution >= 0.6 is 0 Å². The van der Waals surface area contributed by atoms with E-state index in [0.29, 0.717) is 24.6 Å². The average molecular weight is 377 g/mol. The van der Waals surface area contributed by atoms with Crippen molar-refractivity contribution in [2.24, 2.45) is 0 Å². The molecule has 0 aromatic heterocycles. The van der Waals surface area contributed by atoms with Gasteiger partial charge in [0.05, 0.1) is 0 Å². The lowest BCUT2D eigenvalue weighted by Crippen LogP contribution is -2.24. The molecule has 0 heterocycles. The molecule has 28 heavy (non-hydrogen) atoms. The van der Waals surface area contributed by atoms with Crippen LogP contribution < -0.4 is 9.80 Å². The molecule has 3 rings (SSSR count). The zero-order chi connectivity index (χ0) is 19.9. The van der Waals surface area contributed by atoms with E-state index in [4.69, 9.17) is 0 Å². The van der Waals surface area contributed by atoms with Crippen LogP contribution in [0.2, 0.25) is 0 Å². The van der Waals surface area contributed by atoms with Gasteiger partial charge in [-0.3, -0.25) is 0 Å². The van der Waals surface area contributed by atoms with Crippen LogP contribution in [0, 0.1) is 0 Å². The van der Waals surface area contributed by atoms with E-state index < -0.39 is 0 Å². The summed E-state index contributed by atoms with van der Waals surface area (Å²) in [5, 5.41) is 20.2. The number of aromatic hydroxyl groups is 2. The summed E-state index contributed by atoms with van der Waals surface area (Å²) in [7, 11) is 0. The number of phenolic OH excluding ortho intramolecular Hbond substituents is 2. The zero-order valence-corrected chi connectivity index (χ0v) is 16.5. The van der Waals surface area contributed by atoms with E-state index in [1.807, 2.05) is 36.4 Å². The van der Waals surface area contributed by atoms with Gasteiger partial charge in [0.25, 0.3) is 0 Å². The van der Waals surface area contributed by atoms with Gasteiger partial charge in [-0.15, -0.1) is 0 Å². The summed E-state index contributed by atoms with van der Waals surface area (Å²) in [5.41, 5.74) is 4.05. The van der Waals surface area contributed by atoms with Crippen LogP contribution in [0.4, 0.5) is 11.4 Å². The molecule has 3 aromatic rings. The highest BCUT2D eigenvalue weighted by molar-refractivity contribution is 5.60. The molecule has 0 amide bonds. The number of hydrogen-bond acceptors (Lipinski definition) is 4. The molecule has 0 fully saturated rings. The van der Waals surface area contributed by atoms with Crippen molar-refractivity contribution < 1.29 is 10.2 Å². The molecule has 4 heteroatoms. The summed E-state index contributed by atoms with van der Waals surface area (Å²) in [5.74, 6) is 0.652. The number of hydrogen-bond donors (Lipinski definition) is 2. The molecule has 3 aromatic carbocycles. The first-order chi connectivity index (χ1) is 13.6. The fraction of sp³-hybridized carbons (Fsp3) is 0.250. The van der Waals surface area contributed by atoms with Crippen molar-refractivity contribution in [1.29, 1.82) is 0 Å². The smallest absolute Gasteiger partial charge is 0.120 e. The third-order valence-electron chi connectivity index (χ3n) is 5.03. The first-order valence-corrected chi connectivity index (χ1v) is 9.76. The Kier molecular flexibility index (Phi) is 6.43. The fourth-order valence-corrected chi connectivity index (χ4v) is 3.36. The predicted octanol–water partition coefficient (Wildman–Crippen LogP) is 5.15. The summed E-state index contributed by atoms with van der Waals surface area (Å²) >= 11 is 0. The van der Waals surface area contributed by atoms with E-state index in [2.05, 4.69) is 47.9 Å². The molecule has 146 valence electrons. The van der Waals surface area contributed by atoms with E-state index in [9.17, 15) is 10.2 Å². The maximum absolute atomic E-state index is 10.1. The van der Waals surface area contributed by atoms with Gasteiger partial charge in [0.15, 0.2) is 0 Å². The molecule has 0 aliphatic heterocycles. The monoisotopic (exact) mass is 376 g/mol. The van der Waals surface area contributed by atoms with Crippen LogP contribution in [-0.2, 0) is 13.1 Å². The molecule has 0 aliphatic rings. The average Bonchev–Trinajstić information content (AvgIpc) is 2.72. The number of rotatable bonds is 8. The Morgan fingerprint density at radius 3 is 1.43 bits per heavy atom. The zero-order valence-electron chi connectivity index (χ0n) is 16.5. The summed E-state index contributed by atoms with van der Waals surface area (Å²) in [6.45, 7) is 7.21. The minimum atomic E-state index is 0.326. The minimum Gasteiger partial charge on any atom is -0.508 e. The lowest BCUT2D eigenvalue weighted by molar-refractivity contribution is 0.467. The van der Waals surface area contributed by atoms with Crippen LogP contribution in [0.3, 0.4) is 0 Å². The van der Waals surface area contributed by atoms with E-state index in [1.165, 1.54) is 0 Å². The number of anilines is 2. The Morgan fingerprint density at radius 2 is 1.04 bits per heavy atom. The van der Waals surface area contributed by atoms with Gasteiger partial charge in [-0.25, -0.2) is 0 Å². The molecule has 0 spiro atoms. The predicted molar refractivity (Wildman–Crippen MR) is 116 cm³/mol. The van der Waals surface area contributed by atoms with Crippen LogP contribution in [0.5, 0.6) is 11.5 Å². The SMILES string of the molecule is CCN(Cc1ccccc1O)c1cccc(N(CC)Cc2ccccc2O)c1. The van der Waals surface area contributed by atoms with Gasteiger partial charge in [-0.1, -0.05) is 42.5 Å². The van der Waals surface area contributed by atoms with Gasteiger partial charge in [-0.05, 0) is 44.2 Å². The molecule has 0 radical (unpaired) electrons. The van der Waals surface area contributed by atoms with Crippen molar-refractivity contribution >= 4 is 11.4 Å². The van der Waals surface area contributed by atoms with Crippen LogP contribution in [0.25, 0.3) is 0 Å². The first-order valence-electron chi connectivity index (χ1n) is 9.76. The molecule has 0 unspecified atom stereocenters. The molecule has 4 nitrogen and oxygen atoms in total. The second kappa shape index (κ2) is 9.18. The quantitative estimate of drug-likeness (QED) is 0.571. The first kappa shape index (κ1) is 19.6. The Balaban J connectivity index is 1.83. The molecule has 0 atom stereocenters. The number of benzene rings is 3. The van der Waals surface area contributed by atoms with Crippen molar-refractivity contribution in [1.82, 2.24) is 0 Å². The molecule has 0 saturated carbocycles. The van der Waals surface area contributed by atoms with Gasteiger partial charge in [0.1, 0.15) is 11.5 Å². The molecular formula is C24H28N2O2. The number of para-hydroxylation sites is 2. The lowest BCUT2D eigenvalue weighted by atomic mass is 10.1. The van der Waals surface area contributed by atoms with Crippen LogP contribution in [0.1, 0.15) is 25.0 Å². The van der Waals surface area contributed by atoms with E-state index in [0.717, 1.165) is 35.6 Å². The fourth-order valence-electron chi connectivity index (χ4n) is 3.36. The van der Waals surface area contributed by atoms with E-state index >= 15 is 0 Å². The summed E-state index contributed by atoms with van der Waals surface area (Å²) in [4.78, 5) is 4.48. The summed E-state index contributed by atoms with van der Waals surface area (Å²) < 4.78 is 0. The van der Waals surface area contributed by atoms with Crippen molar-refractivity contribution in [3.63, 3.8) is 0 Å². The van der Waals surface area contributed by atoms with Gasteiger partial charge in [0, 0.05) is 48.7 Å². The number of nitrogens with zero attached hydrogens (tertiary/aromatic N) is 2. The van der Waals surface area contributed by atoms with Crippen LogP contribution in [-0.4, -0.2) is 23.3 Å². The lowest BCUT2D eigenvalue weighted by Gasteiger charge is -2.28. The van der Waals surface area contributed by atoms with Gasteiger partial charge in [0.2, 0.25) is 0 Å². The molecule has 0 aliphatic carbocycles. The van der Waals surface area contributed by atoms with Gasteiger partial charge in [-0.2, -0.15) is 0 Å². The molecule has 2 N–H and O–H groups in total. The minimum absolute atomic E-state index is 0.326. The maximum Gasteiger partial charge on any atom is 0.120 e. The second-order valence-electron chi connectivity index (χ2n) is 6.81. The van der Waals surface area contributed by atoms with Crippen LogP contribution in [0.15, 0.2) is 72.8 Å². The van der Waals surface area contributed by atoms with E-state index in [-0.39, 0.29) is 0 Å². The molecule has 0 bridgehead atoms. The molecule has 0 saturated heterocycles. The Hall–Kier alpha value is -3.14. The standard InChI is InChI=1S/C24H28N2O2/c1-3-25(17-19-10-5-7-14-23(19)27)21-12-9-13-22(16-21)26(4-2)18-20-11-6-8-15-24(20)28/h5-16,27-28H,3-4,17-18H2,1-2H3. The Bertz CT molecular complexity index is 840. The van der Waals surface area contributed by atoms with Crippen molar-refractivity contribution in [3.05, 3.63) is 83.9 Å². The Labute approximate surface area is 167 Å². The van der Waals surface area contributed by atoms with Crippen molar-refractivity contribution in [2.75, 3.05) is 22.9 Å². The maximum atomic E-state index is 10.1. The highest BCUT2D eigenvalue weighted by atomic mass is 16.3. The second-order valence-corrected chi connectivity index (χ2v) is 6.81. The van der Waals surface area contributed by atoms with Gasteiger partial charge < -0.3 is 20.0 Å². The van der Waals surface area contributed by atoms with Gasteiger partial charge >= 0.3 is 0 Å². The van der Waals surface area contributed by atoms with E-state index in [1.54, 1.807) is 12.1 Å². The summed E-state index contributed by atoms with van der Waals surface area (Å²) in [6.07, 6.45) is 0. The third kappa shape index (κ3) is 4.58. The number of phenols is 2. The van der Waals surface area contributed by atoms with Crippen molar-refractivity contribution in [3.8, 4) is 11.5 Å². The topological polar surface area (TPSA) is 46.9 Å². The normalized spacial score (nSPS) is 10.6. The molecular weight excluding hydrogens is 348 g/mol. The largest absolute Gasteiger partial charge is 0.508 e. The summed E-state index contributed by atoms with van der Waals surface area (Å²) in [6, 6.07) is 23.4.